The second kappa shape index (κ2) is 7.31. The molecule has 0 saturated heterocycles. The van der Waals surface area contributed by atoms with Crippen LogP contribution in [0.3, 0.4) is 0 Å². The summed E-state index contributed by atoms with van der Waals surface area (Å²) in [4.78, 5) is 13.6. The van der Waals surface area contributed by atoms with E-state index in [1.807, 2.05) is 24.3 Å². The predicted molar refractivity (Wildman–Crippen MR) is 92.1 cm³/mol. The van der Waals surface area contributed by atoms with Gasteiger partial charge < -0.3 is 5.32 Å². The Hall–Kier alpha value is -0.530. The van der Waals surface area contributed by atoms with Gasteiger partial charge in [-0.1, -0.05) is 27.7 Å². The van der Waals surface area contributed by atoms with E-state index in [4.69, 9.17) is 0 Å². The van der Waals surface area contributed by atoms with Gasteiger partial charge in [-0.2, -0.15) is 0 Å². The van der Waals surface area contributed by atoms with Gasteiger partial charge in [-0.3, -0.25) is 4.79 Å². The largest absolute Gasteiger partial charge is 0.325 e. The molecule has 0 atom stereocenters. The monoisotopic (exact) mass is 447 g/mol. The molecule has 5 heteroatoms. The molecular weight excluding hydrogens is 437 g/mol. The minimum Gasteiger partial charge on any atom is -0.325 e. The Morgan fingerprint density at radius 3 is 2.11 bits per heavy atom. The van der Waals surface area contributed by atoms with E-state index in [-0.39, 0.29) is 5.91 Å². The van der Waals surface area contributed by atoms with Gasteiger partial charge in [-0.25, -0.2) is 0 Å². The van der Waals surface area contributed by atoms with Crippen molar-refractivity contribution in [2.45, 2.75) is 9.79 Å². The van der Waals surface area contributed by atoms with Crippen molar-refractivity contribution in [2.24, 2.45) is 0 Å². The Morgan fingerprint density at radius 2 is 1.58 bits per heavy atom. The molecule has 2 aromatic carbocycles. The first kappa shape index (κ1) is 14.9. The number of carbonyl (C=O) groups is 1. The molecule has 0 radical (unpaired) electrons. The molecule has 19 heavy (non-hydrogen) atoms. The topological polar surface area (TPSA) is 29.1 Å². The molecule has 0 aliphatic heterocycles. The fourth-order valence-corrected chi connectivity index (χ4v) is 2.76. The van der Waals surface area contributed by atoms with E-state index in [0.29, 0.717) is 5.33 Å². The average molecular weight is 448 g/mol. The smallest absolute Gasteiger partial charge is 0.235 e. The van der Waals surface area contributed by atoms with Gasteiger partial charge in [-0.05, 0) is 71.1 Å². The van der Waals surface area contributed by atoms with E-state index in [1.54, 1.807) is 11.8 Å². The lowest BCUT2D eigenvalue weighted by atomic mass is 10.3. The number of hydrogen-bond donors (Lipinski definition) is 1. The summed E-state index contributed by atoms with van der Waals surface area (Å²) in [7, 11) is 0. The highest BCUT2D eigenvalue weighted by Gasteiger charge is 2.01. The van der Waals surface area contributed by atoms with E-state index < -0.39 is 0 Å². The molecule has 2 nitrogen and oxygen atoms in total. The van der Waals surface area contributed by atoms with Gasteiger partial charge in [0.25, 0.3) is 0 Å². The zero-order chi connectivity index (χ0) is 13.7. The number of carbonyl (C=O) groups excluding carboxylic acids is 1. The van der Waals surface area contributed by atoms with E-state index in [1.165, 1.54) is 8.47 Å². The maximum absolute atomic E-state index is 11.2. The Morgan fingerprint density at radius 1 is 1.05 bits per heavy atom. The number of hydrogen-bond acceptors (Lipinski definition) is 2. The predicted octanol–water partition coefficient (Wildman–Crippen LogP) is 4.78. The van der Waals surface area contributed by atoms with Crippen molar-refractivity contribution in [3.63, 3.8) is 0 Å². The van der Waals surface area contributed by atoms with Crippen LogP contribution in [-0.4, -0.2) is 11.2 Å². The van der Waals surface area contributed by atoms with E-state index in [0.717, 1.165) is 10.6 Å². The van der Waals surface area contributed by atoms with Gasteiger partial charge in [0.15, 0.2) is 0 Å². The fraction of sp³-hybridized carbons (Fsp3) is 0.0714. The summed E-state index contributed by atoms with van der Waals surface area (Å²) < 4.78 is 1.23. The minimum absolute atomic E-state index is 0.0435. The lowest BCUT2D eigenvalue weighted by Crippen LogP contribution is -2.11. The summed E-state index contributed by atoms with van der Waals surface area (Å²) in [5, 5.41) is 3.11. The van der Waals surface area contributed by atoms with Crippen LogP contribution in [0.4, 0.5) is 5.69 Å². The molecule has 0 aliphatic carbocycles. The Labute approximate surface area is 138 Å². The van der Waals surface area contributed by atoms with Crippen LogP contribution in [0, 0.1) is 3.57 Å². The molecule has 2 rings (SSSR count). The summed E-state index contributed by atoms with van der Waals surface area (Å²) in [6.45, 7) is 0. The maximum atomic E-state index is 11.2. The molecule has 0 saturated carbocycles. The quantitative estimate of drug-likeness (QED) is 0.540. The number of halogens is 2. The van der Waals surface area contributed by atoms with Crippen LogP contribution in [0.5, 0.6) is 0 Å². The van der Waals surface area contributed by atoms with Crippen LogP contribution in [0.2, 0.25) is 0 Å². The normalized spacial score (nSPS) is 10.2. The Bertz CT molecular complexity index is 557. The summed E-state index contributed by atoms with van der Waals surface area (Å²) >= 11 is 7.12. The van der Waals surface area contributed by atoms with Crippen molar-refractivity contribution in [1.82, 2.24) is 0 Å². The number of anilines is 1. The molecule has 0 unspecified atom stereocenters. The highest BCUT2D eigenvalue weighted by molar-refractivity contribution is 14.1. The first-order valence-electron chi connectivity index (χ1n) is 5.56. The van der Waals surface area contributed by atoms with Crippen molar-refractivity contribution in [3.8, 4) is 0 Å². The molecule has 0 aliphatic rings. The Kier molecular flexibility index (Phi) is 5.72. The van der Waals surface area contributed by atoms with Crippen LogP contribution in [-0.2, 0) is 4.79 Å². The lowest BCUT2D eigenvalue weighted by Gasteiger charge is -2.05. The number of amides is 1. The summed E-state index contributed by atoms with van der Waals surface area (Å²) in [6.07, 6.45) is 0. The molecule has 0 fully saturated rings. The molecule has 0 aromatic heterocycles. The van der Waals surface area contributed by atoms with Crippen molar-refractivity contribution < 1.29 is 4.79 Å². The first-order valence-corrected chi connectivity index (χ1v) is 8.58. The van der Waals surface area contributed by atoms with Gasteiger partial charge in [0.2, 0.25) is 5.91 Å². The number of benzene rings is 2. The number of alkyl halides is 1. The minimum atomic E-state index is -0.0435. The average Bonchev–Trinajstić information content (AvgIpc) is 2.43. The summed E-state index contributed by atoms with van der Waals surface area (Å²) in [5.74, 6) is -0.0435. The van der Waals surface area contributed by atoms with Crippen LogP contribution in [0.25, 0.3) is 0 Å². The molecule has 0 bridgehead atoms. The van der Waals surface area contributed by atoms with E-state index >= 15 is 0 Å². The lowest BCUT2D eigenvalue weighted by molar-refractivity contribution is -0.113. The van der Waals surface area contributed by atoms with Gasteiger partial charge >= 0.3 is 0 Å². The first-order chi connectivity index (χ1) is 9.17. The third kappa shape index (κ3) is 4.81. The van der Waals surface area contributed by atoms with E-state index in [9.17, 15) is 4.79 Å². The fourth-order valence-electron chi connectivity index (χ4n) is 1.44. The molecule has 1 N–H and O–H groups in total. The molecule has 2 aromatic rings. The number of nitrogens with one attached hydrogen (secondary N) is 1. The van der Waals surface area contributed by atoms with Gasteiger partial charge in [0.1, 0.15) is 0 Å². The van der Waals surface area contributed by atoms with Crippen LogP contribution in [0.1, 0.15) is 0 Å². The number of rotatable bonds is 4. The van der Waals surface area contributed by atoms with Crippen molar-refractivity contribution >= 4 is 61.9 Å². The molecule has 98 valence electrons. The Balaban J connectivity index is 2.02. The maximum Gasteiger partial charge on any atom is 0.235 e. The summed E-state index contributed by atoms with van der Waals surface area (Å²) in [5.41, 5.74) is 0.816. The summed E-state index contributed by atoms with van der Waals surface area (Å²) in [6, 6.07) is 16.2. The third-order valence-corrected chi connectivity index (χ3v) is 4.55. The second-order valence-corrected chi connectivity index (χ2v) is 6.72. The van der Waals surface area contributed by atoms with Crippen molar-refractivity contribution in [2.75, 3.05) is 10.6 Å². The second-order valence-electron chi connectivity index (χ2n) is 3.76. The highest BCUT2D eigenvalue weighted by atomic mass is 127. The van der Waals surface area contributed by atoms with Gasteiger partial charge in [0.05, 0.1) is 5.33 Å². The molecule has 0 spiro atoms. The molecular formula is C14H11BrINOS. The van der Waals surface area contributed by atoms with Gasteiger partial charge in [-0.15, -0.1) is 0 Å². The zero-order valence-corrected chi connectivity index (χ0v) is 14.5. The van der Waals surface area contributed by atoms with Gasteiger partial charge in [0, 0.05) is 19.0 Å². The van der Waals surface area contributed by atoms with Crippen molar-refractivity contribution in [3.05, 3.63) is 52.1 Å². The third-order valence-electron chi connectivity index (χ3n) is 2.31. The van der Waals surface area contributed by atoms with Crippen LogP contribution in [0.15, 0.2) is 58.3 Å². The van der Waals surface area contributed by atoms with E-state index in [2.05, 4.69) is 68.1 Å². The van der Waals surface area contributed by atoms with Crippen LogP contribution < -0.4 is 5.32 Å². The van der Waals surface area contributed by atoms with Crippen molar-refractivity contribution in [1.29, 1.82) is 0 Å². The SMILES string of the molecule is O=C(CBr)Nc1ccc(Sc2ccc(I)cc2)cc1. The highest BCUT2D eigenvalue weighted by Crippen LogP contribution is 2.28. The molecule has 1 amide bonds. The standard InChI is InChI=1S/C14H11BrINOS/c15-9-14(18)17-11-3-7-13(8-4-11)19-12-5-1-10(16)2-6-12/h1-8H,9H2,(H,17,18). The zero-order valence-electron chi connectivity index (χ0n) is 9.90. The molecule has 0 heterocycles. The van der Waals surface area contributed by atoms with Crippen LogP contribution >= 0.6 is 50.3 Å².